The molecule has 1 heterocycles. The number of benzene rings is 1. The van der Waals surface area contributed by atoms with Crippen LogP contribution in [-0.4, -0.2) is 50.5 Å². The topological polar surface area (TPSA) is 123 Å². The van der Waals surface area contributed by atoms with Gasteiger partial charge in [-0.15, -0.1) is 0 Å². The van der Waals surface area contributed by atoms with Crippen LogP contribution in [0.3, 0.4) is 0 Å². The van der Waals surface area contributed by atoms with Crippen molar-refractivity contribution in [3.63, 3.8) is 0 Å². The number of carbonyl (C=O) groups excluding carboxylic acids is 2. The molecule has 35 heavy (non-hydrogen) atoms. The maximum Gasteiger partial charge on any atom is 0.408 e. The lowest BCUT2D eigenvalue weighted by Crippen LogP contribution is -2.66. The van der Waals surface area contributed by atoms with Crippen LogP contribution in [-0.2, 0) is 16.1 Å². The third kappa shape index (κ3) is 4.73. The summed E-state index contributed by atoms with van der Waals surface area (Å²) in [6.07, 6.45) is 7.43. The Kier molecular flexibility index (Phi) is 6.19. The molecule has 4 saturated carbocycles. The number of hydrogen-bond acceptors (Lipinski definition) is 5. The van der Waals surface area contributed by atoms with Crippen molar-refractivity contribution in [2.75, 3.05) is 6.54 Å². The summed E-state index contributed by atoms with van der Waals surface area (Å²) in [6.45, 7) is 2.47. The van der Waals surface area contributed by atoms with Gasteiger partial charge in [0.15, 0.2) is 5.69 Å². The number of nitrogens with one attached hydrogen (secondary N) is 2. The normalized spacial score (nSPS) is 28.7. The van der Waals surface area contributed by atoms with Gasteiger partial charge in [-0.3, -0.25) is 14.3 Å². The summed E-state index contributed by atoms with van der Waals surface area (Å²) in [5.41, 5.74) is 0.305. The molecule has 3 N–H and O–H groups in total. The third-order valence-electron chi connectivity index (χ3n) is 7.93. The second-order valence-electron chi connectivity index (χ2n) is 10.8. The highest BCUT2D eigenvalue weighted by atomic mass is 16.6. The maximum atomic E-state index is 13.6. The van der Waals surface area contributed by atoms with Crippen molar-refractivity contribution >= 4 is 28.9 Å². The summed E-state index contributed by atoms with van der Waals surface area (Å²) in [6, 6.07) is 7.86. The van der Waals surface area contributed by atoms with E-state index in [4.69, 9.17) is 14.9 Å². The lowest BCUT2D eigenvalue weighted by atomic mass is 9.51. The van der Waals surface area contributed by atoms with Gasteiger partial charge in [0.25, 0.3) is 5.91 Å². The first-order chi connectivity index (χ1) is 16.8. The number of nitrogens with zero attached hydrogens (tertiary/aromatic N) is 2. The Hall–Kier alpha value is -3.10. The highest BCUT2D eigenvalue weighted by Gasteiger charge is 2.60. The first-order valence-corrected chi connectivity index (χ1v) is 12.8. The summed E-state index contributed by atoms with van der Waals surface area (Å²) < 4.78 is 7.80. The minimum atomic E-state index is -1.11. The van der Waals surface area contributed by atoms with Crippen LogP contribution in [0.25, 0.3) is 10.9 Å². The zero-order valence-electron chi connectivity index (χ0n) is 20.2. The fraction of sp³-hybridized carbons (Fsp3) is 0.615. The van der Waals surface area contributed by atoms with E-state index in [1.165, 1.54) is 0 Å². The lowest BCUT2D eigenvalue weighted by molar-refractivity contribution is -0.144. The molecule has 0 saturated heterocycles. The molecule has 4 aliphatic carbocycles. The van der Waals surface area contributed by atoms with Crippen LogP contribution in [0.15, 0.2) is 24.3 Å². The molecule has 2 amide bonds. The van der Waals surface area contributed by atoms with Gasteiger partial charge in [0.1, 0.15) is 12.1 Å². The first-order valence-electron chi connectivity index (χ1n) is 12.8. The van der Waals surface area contributed by atoms with E-state index in [2.05, 4.69) is 17.6 Å². The van der Waals surface area contributed by atoms with Crippen molar-refractivity contribution in [3.05, 3.63) is 30.0 Å². The number of alkyl carbamates (subject to hydrolysis) is 1. The van der Waals surface area contributed by atoms with E-state index in [9.17, 15) is 14.4 Å². The lowest BCUT2D eigenvalue weighted by Gasteiger charge is -2.61. The number of carboxylic acid groups (broad SMARTS) is 1. The number of ether oxygens (including phenoxy) is 1. The van der Waals surface area contributed by atoms with E-state index in [-0.39, 0.29) is 5.91 Å². The van der Waals surface area contributed by atoms with E-state index in [0.29, 0.717) is 24.0 Å². The molecule has 1 aromatic heterocycles. The molecule has 188 valence electrons. The number of amides is 2. The van der Waals surface area contributed by atoms with Crippen molar-refractivity contribution in [3.8, 4) is 0 Å². The van der Waals surface area contributed by atoms with Crippen molar-refractivity contribution in [2.24, 2.45) is 11.8 Å². The van der Waals surface area contributed by atoms with Gasteiger partial charge in [-0.25, -0.2) is 4.79 Å². The number of hydrogen-bond donors (Lipinski definition) is 3. The molecular formula is C26H34N4O5. The molecule has 4 bridgehead atoms. The summed E-state index contributed by atoms with van der Waals surface area (Å²) in [5.74, 6) is -0.556. The van der Waals surface area contributed by atoms with Crippen LogP contribution < -0.4 is 10.6 Å². The molecule has 6 rings (SSSR count). The van der Waals surface area contributed by atoms with Gasteiger partial charge in [0, 0.05) is 23.9 Å². The molecule has 4 aliphatic rings. The van der Waals surface area contributed by atoms with Gasteiger partial charge in [-0.1, -0.05) is 38.0 Å². The van der Waals surface area contributed by atoms with Crippen LogP contribution >= 0.6 is 0 Å². The number of carboxylic acids is 1. The van der Waals surface area contributed by atoms with Crippen LogP contribution in [0.1, 0.15) is 75.2 Å². The average Bonchev–Trinajstić information content (AvgIpc) is 3.15. The molecule has 2 atom stereocenters. The number of para-hydroxylation sites is 1. The van der Waals surface area contributed by atoms with Crippen molar-refractivity contribution in [2.45, 2.75) is 82.4 Å². The number of unbranched alkanes of at least 4 members (excludes halogenated alkanes) is 2. The second kappa shape index (κ2) is 9.17. The second-order valence-corrected chi connectivity index (χ2v) is 10.8. The van der Waals surface area contributed by atoms with Crippen LogP contribution in [0.5, 0.6) is 0 Å². The number of aromatic nitrogens is 2. The zero-order valence-corrected chi connectivity index (χ0v) is 20.2. The van der Waals surface area contributed by atoms with Crippen molar-refractivity contribution < 1.29 is 24.2 Å². The first kappa shape index (κ1) is 23.6. The molecule has 0 spiro atoms. The van der Waals surface area contributed by atoms with Gasteiger partial charge < -0.3 is 20.5 Å². The summed E-state index contributed by atoms with van der Waals surface area (Å²) >= 11 is 0. The molecule has 4 fully saturated rings. The minimum Gasteiger partial charge on any atom is -0.480 e. The third-order valence-corrected chi connectivity index (χ3v) is 7.93. The fourth-order valence-corrected chi connectivity index (χ4v) is 7.10. The molecule has 9 heteroatoms. The Labute approximate surface area is 204 Å². The van der Waals surface area contributed by atoms with E-state index in [1.54, 1.807) is 0 Å². The maximum absolute atomic E-state index is 13.6. The van der Waals surface area contributed by atoms with Gasteiger partial charge in [-0.05, 0) is 56.4 Å². The zero-order chi connectivity index (χ0) is 24.6. The Morgan fingerprint density at radius 3 is 2.60 bits per heavy atom. The van der Waals surface area contributed by atoms with Crippen LogP contribution in [0.4, 0.5) is 4.79 Å². The fourth-order valence-electron chi connectivity index (χ4n) is 7.10. The smallest absolute Gasteiger partial charge is 0.408 e. The molecule has 2 aromatic rings. The van der Waals surface area contributed by atoms with Gasteiger partial charge >= 0.3 is 12.1 Å². The molecule has 1 aromatic carbocycles. The monoisotopic (exact) mass is 482 g/mol. The number of aryl methyl sites for hydroxylation is 1. The quantitative estimate of drug-likeness (QED) is 0.467. The predicted molar refractivity (Wildman–Crippen MR) is 129 cm³/mol. The Morgan fingerprint density at radius 2 is 1.89 bits per heavy atom. The van der Waals surface area contributed by atoms with Gasteiger partial charge in [-0.2, -0.15) is 5.10 Å². The molecule has 9 nitrogen and oxygen atoms in total. The Morgan fingerprint density at radius 1 is 1.14 bits per heavy atom. The highest BCUT2D eigenvalue weighted by Crippen LogP contribution is 2.59. The van der Waals surface area contributed by atoms with E-state index < -0.39 is 29.7 Å². The standard InChI is InChI=1S/C26H34N4O5/c1-2-3-6-9-30-20-8-5-4-7-19(20)22(29-30)23(33)28-25-11-17-10-18(12-25)14-26(13-17,16-25)35-24(34)27-15-21(31)32/h4-5,7-8,17-18H,2-3,6,9-16H2,1H3,(H,27,34)(H,28,33)(H,31,32). The predicted octanol–water partition coefficient (Wildman–Crippen LogP) is 3.86. The summed E-state index contributed by atoms with van der Waals surface area (Å²) in [5, 5.41) is 20.1. The van der Waals surface area contributed by atoms with Crippen LogP contribution in [0.2, 0.25) is 0 Å². The number of aliphatic carboxylic acids is 1. The van der Waals surface area contributed by atoms with E-state index in [0.717, 1.165) is 68.8 Å². The molecule has 0 aliphatic heterocycles. The van der Waals surface area contributed by atoms with E-state index in [1.807, 2.05) is 28.9 Å². The average molecular weight is 483 g/mol. The molecule has 2 unspecified atom stereocenters. The summed E-state index contributed by atoms with van der Waals surface area (Å²) in [7, 11) is 0. The highest BCUT2D eigenvalue weighted by molar-refractivity contribution is 6.05. The van der Waals surface area contributed by atoms with Crippen molar-refractivity contribution in [1.82, 2.24) is 20.4 Å². The van der Waals surface area contributed by atoms with Crippen LogP contribution in [0, 0.1) is 11.8 Å². The van der Waals surface area contributed by atoms with Crippen molar-refractivity contribution in [1.29, 1.82) is 0 Å². The minimum absolute atomic E-state index is 0.178. The van der Waals surface area contributed by atoms with E-state index >= 15 is 0 Å². The number of fused-ring (bicyclic) bond motifs is 1. The number of rotatable bonds is 9. The SMILES string of the molecule is CCCCCn1nc(C(=O)NC23CC4CC(C2)CC(OC(=O)NCC(=O)O)(C4)C3)c2ccccc21. The van der Waals surface area contributed by atoms with Gasteiger partial charge in [0.05, 0.1) is 5.52 Å². The Balaban J connectivity index is 1.35. The number of carbonyl (C=O) groups is 3. The van der Waals surface area contributed by atoms with Gasteiger partial charge in [0.2, 0.25) is 0 Å². The Bertz CT molecular complexity index is 1130. The summed E-state index contributed by atoms with van der Waals surface area (Å²) in [4.78, 5) is 36.8. The molecular weight excluding hydrogens is 448 g/mol. The molecule has 0 radical (unpaired) electrons. The largest absolute Gasteiger partial charge is 0.480 e.